The number of carbonyl (C=O) groups is 1. The summed E-state index contributed by atoms with van der Waals surface area (Å²) in [5.74, 6) is 1.13. The SMILES string of the molecule is COc1ccc(CNC(=O)c2ccnn2C)cc1OC. The van der Waals surface area contributed by atoms with Gasteiger partial charge in [0.2, 0.25) is 0 Å². The smallest absolute Gasteiger partial charge is 0.269 e. The molecule has 0 spiro atoms. The first-order chi connectivity index (χ1) is 9.65. The van der Waals surface area contributed by atoms with Gasteiger partial charge in [-0.05, 0) is 23.8 Å². The Labute approximate surface area is 117 Å². The van der Waals surface area contributed by atoms with Crippen LogP contribution in [0.25, 0.3) is 0 Å². The largest absolute Gasteiger partial charge is 0.493 e. The molecule has 0 atom stereocenters. The van der Waals surface area contributed by atoms with Gasteiger partial charge in [0.05, 0.1) is 14.2 Å². The summed E-state index contributed by atoms with van der Waals surface area (Å²) in [6, 6.07) is 7.20. The first-order valence-corrected chi connectivity index (χ1v) is 6.13. The van der Waals surface area contributed by atoms with Crippen molar-refractivity contribution in [3.8, 4) is 11.5 Å². The summed E-state index contributed by atoms with van der Waals surface area (Å²) in [7, 11) is 4.89. The molecule has 1 aromatic carbocycles. The van der Waals surface area contributed by atoms with E-state index in [0.717, 1.165) is 5.56 Å². The highest BCUT2D eigenvalue weighted by Crippen LogP contribution is 2.27. The van der Waals surface area contributed by atoms with Crippen molar-refractivity contribution in [1.29, 1.82) is 0 Å². The number of hydrogen-bond donors (Lipinski definition) is 1. The van der Waals surface area contributed by atoms with Gasteiger partial charge in [0, 0.05) is 19.8 Å². The van der Waals surface area contributed by atoms with Gasteiger partial charge in [-0.1, -0.05) is 6.07 Å². The molecule has 0 fully saturated rings. The van der Waals surface area contributed by atoms with Gasteiger partial charge in [-0.3, -0.25) is 9.48 Å². The molecule has 1 heterocycles. The fourth-order valence-corrected chi connectivity index (χ4v) is 1.86. The quantitative estimate of drug-likeness (QED) is 0.895. The lowest BCUT2D eigenvalue weighted by molar-refractivity contribution is 0.0941. The number of aryl methyl sites for hydroxylation is 1. The van der Waals surface area contributed by atoms with Crippen molar-refractivity contribution in [1.82, 2.24) is 15.1 Å². The molecule has 0 saturated carbocycles. The number of nitrogens with zero attached hydrogens (tertiary/aromatic N) is 2. The van der Waals surface area contributed by atoms with E-state index >= 15 is 0 Å². The van der Waals surface area contributed by atoms with Gasteiger partial charge < -0.3 is 14.8 Å². The van der Waals surface area contributed by atoms with Gasteiger partial charge in [-0.15, -0.1) is 0 Å². The van der Waals surface area contributed by atoms with Crippen LogP contribution in [0.15, 0.2) is 30.5 Å². The highest BCUT2D eigenvalue weighted by atomic mass is 16.5. The average Bonchev–Trinajstić information content (AvgIpc) is 2.90. The first-order valence-electron chi connectivity index (χ1n) is 6.13. The van der Waals surface area contributed by atoms with Crippen LogP contribution in [0.5, 0.6) is 11.5 Å². The minimum absolute atomic E-state index is 0.167. The molecule has 0 aliphatic carbocycles. The standard InChI is InChI=1S/C14H17N3O3/c1-17-11(6-7-16-17)14(18)15-9-10-4-5-12(19-2)13(8-10)20-3/h4-8H,9H2,1-3H3,(H,15,18). The summed E-state index contributed by atoms with van der Waals surface area (Å²) in [4.78, 5) is 11.9. The molecule has 106 valence electrons. The van der Waals surface area contributed by atoms with Crippen molar-refractivity contribution in [2.24, 2.45) is 7.05 Å². The molecule has 2 rings (SSSR count). The van der Waals surface area contributed by atoms with Crippen LogP contribution >= 0.6 is 0 Å². The molecule has 6 nitrogen and oxygen atoms in total. The van der Waals surface area contributed by atoms with E-state index in [1.807, 2.05) is 18.2 Å². The molecule has 0 unspecified atom stereocenters. The first kappa shape index (κ1) is 13.9. The highest BCUT2D eigenvalue weighted by Gasteiger charge is 2.10. The van der Waals surface area contributed by atoms with Gasteiger partial charge in [-0.2, -0.15) is 5.10 Å². The van der Waals surface area contributed by atoms with Crippen LogP contribution in [0.1, 0.15) is 16.1 Å². The molecule has 0 radical (unpaired) electrons. The summed E-state index contributed by atoms with van der Waals surface area (Å²) in [6.07, 6.45) is 1.59. The third-order valence-corrected chi connectivity index (χ3v) is 2.95. The van der Waals surface area contributed by atoms with E-state index in [2.05, 4.69) is 10.4 Å². The van der Waals surface area contributed by atoms with Crippen LogP contribution in [-0.2, 0) is 13.6 Å². The van der Waals surface area contributed by atoms with E-state index in [9.17, 15) is 4.79 Å². The average molecular weight is 275 g/mol. The van der Waals surface area contributed by atoms with Crippen molar-refractivity contribution < 1.29 is 14.3 Å². The number of nitrogens with one attached hydrogen (secondary N) is 1. The predicted molar refractivity (Wildman–Crippen MR) is 73.9 cm³/mol. The van der Waals surface area contributed by atoms with Gasteiger partial charge >= 0.3 is 0 Å². The molecule has 1 amide bonds. The summed E-state index contributed by atoms with van der Waals surface area (Å²) < 4.78 is 11.9. The number of methoxy groups -OCH3 is 2. The van der Waals surface area contributed by atoms with Crippen LogP contribution in [0.2, 0.25) is 0 Å². The Kier molecular flexibility index (Phi) is 4.24. The van der Waals surface area contributed by atoms with Crippen molar-refractivity contribution in [3.05, 3.63) is 41.7 Å². The summed E-state index contributed by atoms with van der Waals surface area (Å²) in [6.45, 7) is 0.407. The number of benzene rings is 1. The number of amides is 1. The number of carbonyl (C=O) groups excluding carboxylic acids is 1. The molecule has 0 bridgehead atoms. The number of ether oxygens (including phenoxy) is 2. The molecular weight excluding hydrogens is 258 g/mol. The third-order valence-electron chi connectivity index (χ3n) is 2.95. The number of hydrogen-bond acceptors (Lipinski definition) is 4. The molecule has 0 aliphatic rings. The fourth-order valence-electron chi connectivity index (χ4n) is 1.86. The second kappa shape index (κ2) is 6.10. The lowest BCUT2D eigenvalue weighted by Crippen LogP contribution is -2.25. The van der Waals surface area contributed by atoms with Gasteiger partial charge in [-0.25, -0.2) is 0 Å². The van der Waals surface area contributed by atoms with E-state index in [1.54, 1.807) is 33.5 Å². The monoisotopic (exact) mass is 275 g/mol. The second-order valence-electron chi connectivity index (χ2n) is 4.21. The number of rotatable bonds is 5. The van der Waals surface area contributed by atoms with Crippen molar-refractivity contribution in [3.63, 3.8) is 0 Å². The van der Waals surface area contributed by atoms with Crippen LogP contribution in [0.3, 0.4) is 0 Å². The normalized spacial score (nSPS) is 10.2. The Morgan fingerprint density at radius 3 is 2.60 bits per heavy atom. The lowest BCUT2D eigenvalue weighted by atomic mass is 10.2. The molecule has 6 heteroatoms. The molecule has 20 heavy (non-hydrogen) atoms. The van der Waals surface area contributed by atoms with Crippen LogP contribution in [0, 0.1) is 0 Å². The van der Waals surface area contributed by atoms with Crippen molar-refractivity contribution >= 4 is 5.91 Å². The molecule has 0 saturated heterocycles. The zero-order chi connectivity index (χ0) is 14.5. The zero-order valence-electron chi connectivity index (χ0n) is 11.7. The molecular formula is C14H17N3O3. The Morgan fingerprint density at radius 1 is 1.25 bits per heavy atom. The Balaban J connectivity index is 2.04. The molecule has 2 aromatic rings. The van der Waals surface area contributed by atoms with E-state index in [4.69, 9.17) is 9.47 Å². The third kappa shape index (κ3) is 2.90. The van der Waals surface area contributed by atoms with Crippen LogP contribution in [-0.4, -0.2) is 29.9 Å². The Hall–Kier alpha value is -2.50. The summed E-state index contributed by atoms with van der Waals surface area (Å²) >= 11 is 0. The lowest BCUT2D eigenvalue weighted by Gasteiger charge is -2.10. The van der Waals surface area contributed by atoms with Crippen LogP contribution in [0.4, 0.5) is 0 Å². The number of aromatic nitrogens is 2. The molecule has 1 N–H and O–H groups in total. The van der Waals surface area contributed by atoms with Gasteiger partial charge in [0.25, 0.3) is 5.91 Å². The summed E-state index contributed by atoms with van der Waals surface area (Å²) in [5, 5.41) is 6.80. The fraction of sp³-hybridized carbons (Fsp3) is 0.286. The van der Waals surface area contributed by atoms with E-state index in [1.165, 1.54) is 4.68 Å². The van der Waals surface area contributed by atoms with Crippen molar-refractivity contribution in [2.75, 3.05) is 14.2 Å². The minimum atomic E-state index is -0.167. The minimum Gasteiger partial charge on any atom is -0.493 e. The molecule has 0 aliphatic heterocycles. The second-order valence-corrected chi connectivity index (χ2v) is 4.21. The van der Waals surface area contributed by atoms with E-state index in [0.29, 0.717) is 23.7 Å². The zero-order valence-corrected chi connectivity index (χ0v) is 11.7. The van der Waals surface area contributed by atoms with Gasteiger partial charge in [0.15, 0.2) is 11.5 Å². The molecule has 1 aromatic heterocycles. The van der Waals surface area contributed by atoms with Gasteiger partial charge in [0.1, 0.15) is 5.69 Å². The van der Waals surface area contributed by atoms with Crippen LogP contribution < -0.4 is 14.8 Å². The highest BCUT2D eigenvalue weighted by molar-refractivity contribution is 5.92. The Morgan fingerprint density at radius 2 is 2.00 bits per heavy atom. The predicted octanol–water partition coefficient (Wildman–Crippen LogP) is 1.37. The topological polar surface area (TPSA) is 65.4 Å². The van der Waals surface area contributed by atoms with Crippen molar-refractivity contribution in [2.45, 2.75) is 6.54 Å². The maximum absolute atomic E-state index is 11.9. The summed E-state index contributed by atoms with van der Waals surface area (Å²) in [5.41, 5.74) is 1.45. The van der Waals surface area contributed by atoms with E-state index < -0.39 is 0 Å². The Bertz CT molecular complexity index is 607. The maximum Gasteiger partial charge on any atom is 0.269 e. The maximum atomic E-state index is 11.9. The van der Waals surface area contributed by atoms with E-state index in [-0.39, 0.29) is 5.91 Å².